The molecule has 0 aliphatic carbocycles. The highest BCUT2D eigenvalue weighted by Gasteiger charge is 2.54. The summed E-state index contributed by atoms with van der Waals surface area (Å²) >= 11 is 1.58. The van der Waals surface area contributed by atoms with E-state index in [9.17, 15) is 4.79 Å². The van der Waals surface area contributed by atoms with Crippen LogP contribution in [0.3, 0.4) is 0 Å². The van der Waals surface area contributed by atoms with Crippen LogP contribution in [0, 0.1) is 12.8 Å². The molecule has 7 heteroatoms. The van der Waals surface area contributed by atoms with Crippen LogP contribution in [-0.4, -0.2) is 27.2 Å². The number of hydrogen-bond acceptors (Lipinski definition) is 7. The highest BCUT2D eigenvalue weighted by atomic mass is 32.1. The van der Waals surface area contributed by atoms with Crippen molar-refractivity contribution < 1.29 is 14.1 Å². The van der Waals surface area contributed by atoms with E-state index in [1.165, 1.54) is 0 Å². The topological polar surface area (TPSA) is 77.2 Å². The van der Waals surface area contributed by atoms with Crippen LogP contribution < -0.4 is 5.32 Å². The van der Waals surface area contributed by atoms with E-state index in [0.29, 0.717) is 18.8 Å². The van der Waals surface area contributed by atoms with E-state index >= 15 is 0 Å². The van der Waals surface area contributed by atoms with Crippen molar-refractivity contribution in [1.29, 1.82) is 0 Å². The number of ether oxygens (including phenoxy) is 1. The number of rotatable bonds is 5. The summed E-state index contributed by atoms with van der Waals surface area (Å²) in [6.07, 6.45) is 3.08. The van der Waals surface area contributed by atoms with E-state index in [1.54, 1.807) is 17.5 Å². The molecule has 3 atom stereocenters. The van der Waals surface area contributed by atoms with Gasteiger partial charge in [0.15, 0.2) is 0 Å². The fraction of sp³-hybridized carbons (Fsp3) is 0.650. The maximum atomic E-state index is 13.3. The summed E-state index contributed by atoms with van der Waals surface area (Å²) in [5.41, 5.74) is -0.481. The molecule has 0 saturated carbocycles. The number of carbonyl (C=O) groups is 1. The Balaban J connectivity index is 2.00. The minimum absolute atomic E-state index is 0.0244. The molecule has 0 bridgehead atoms. The molecule has 3 rings (SSSR count). The van der Waals surface area contributed by atoms with Crippen LogP contribution in [0.1, 0.15) is 75.9 Å². The molecule has 2 aromatic rings. The number of hydrogen-bond donors (Lipinski definition) is 1. The average Bonchev–Trinajstić information content (AvgIpc) is 3.23. The summed E-state index contributed by atoms with van der Waals surface area (Å²) in [4.78, 5) is 17.8. The molecule has 1 aliphatic heterocycles. The van der Waals surface area contributed by atoms with Crippen molar-refractivity contribution in [2.24, 2.45) is 5.92 Å². The number of nitrogens with zero attached hydrogens (tertiary/aromatic N) is 2. The molecule has 0 amide bonds. The fourth-order valence-electron chi connectivity index (χ4n) is 3.84. The zero-order valence-corrected chi connectivity index (χ0v) is 17.7. The molecule has 1 N–H and O–H groups in total. The quantitative estimate of drug-likeness (QED) is 0.762. The van der Waals surface area contributed by atoms with Crippen molar-refractivity contribution in [2.75, 3.05) is 0 Å². The van der Waals surface area contributed by atoms with Crippen molar-refractivity contribution in [3.05, 3.63) is 34.1 Å². The largest absolute Gasteiger partial charge is 0.459 e. The molecule has 0 aromatic carbocycles. The van der Waals surface area contributed by atoms with Crippen molar-refractivity contribution >= 4 is 17.3 Å². The third kappa shape index (κ3) is 4.41. The van der Waals surface area contributed by atoms with Crippen molar-refractivity contribution in [3.8, 4) is 0 Å². The first kappa shape index (κ1) is 20.0. The zero-order chi connectivity index (χ0) is 19.8. The van der Waals surface area contributed by atoms with Gasteiger partial charge in [0.1, 0.15) is 21.9 Å². The van der Waals surface area contributed by atoms with Gasteiger partial charge in [0.05, 0.1) is 11.7 Å². The molecular weight excluding hydrogens is 362 g/mol. The Kier molecular flexibility index (Phi) is 5.45. The van der Waals surface area contributed by atoms with Gasteiger partial charge in [-0.05, 0) is 46.5 Å². The Hall–Kier alpha value is -1.73. The summed E-state index contributed by atoms with van der Waals surface area (Å²) in [6, 6.07) is 1.84. The Bertz CT molecular complexity index is 779. The lowest BCUT2D eigenvalue weighted by Gasteiger charge is -2.33. The van der Waals surface area contributed by atoms with Crippen LogP contribution in [-0.2, 0) is 9.53 Å². The predicted molar refractivity (Wildman–Crippen MR) is 105 cm³/mol. The Morgan fingerprint density at radius 2 is 2.22 bits per heavy atom. The predicted octanol–water partition coefficient (Wildman–Crippen LogP) is 4.38. The molecular formula is C20H29N3O3S. The molecule has 27 heavy (non-hydrogen) atoms. The first-order valence-electron chi connectivity index (χ1n) is 9.43. The van der Waals surface area contributed by atoms with E-state index in [2.05, 4.69) is 29.3 Å². The summed E-state index contributed by atoms with van der Waals surface area (Å²) in [5, 5.41) is 10.6. The lowest BCUT2D eigenvalue weighted by Crippen LogP contribution is -2.52. The van der Waals surface area contributed by atoms with Gasteiger partial charge in [-0.15, -0.1) is 11.3 Å². The third-order valence-corrected chi connectivity index (χ3v) is 5.54. The molecule has 0 spiro atoms. The van der Waals surface area contributed by atoms with E-state index in [0.717, 1.165) is 16.5 Å². The lowest BCUT2D eigenvalue weighted by atomic mass is 9.83. The molecule has 148 valence electrons. The molecule has 0 radical (unpaired) electrons. The molecule has 1 saturated heterocycles. The molecule has 3 heterocycles. The van der Waals surface area contributed by atoms with Gasteiger partial charge in [0, 0.05) is 23.6 Å². The van der Waals surface area contributed by atoms with E-state index in [4.69, 9.17) is 9.26 Å². The van der Waals surface area contributed by atoms with Crippen molar-refractivity contribution in [3.63, 3.8) is 0 Å². The van der Waals surface area contributed by atoms with Gasteiger partial charge in [-0.3, -0.25) is 10.1 Å². The van der Waals surface area contributed by atoms with Gasteiger partial charge in [-0.2, -0.15) is 0 Å². The SMILES string of the molecule is Cc1cc([C@@H]2C[C@@](CC(C)C)(C(=O)OC(C)(C)C)N[C@H]2c2nccs2)on1. The summed E-state index contributed by atoms with van der Waals surface area (Å²) in [5.74, 6) is 0.888. The summed E-state index contributed by atoms with van der Waals surface area (Å²) in [7, 11) is 0. The van der Waals surface area contributed by atoms with E-state index in [-0.39, 0.29) is 17.9 Å². The second-order valence-electron chi connectivity index (χ2n) is 8.86. The highest BCUT2D eigenvalue weighted by Crippen LogP contribution is 2.48. The normalized spacial score (nSPS) is 25.9. The van der Waals surface area contributed by atoms with E-state index < -0.39 is 11.1 Å². The van der Waals surface area contributed by atoms with Gasteiger partial charge in [-0.25, -0.2) is 4.98 Å². The minimum atomic E-state index is -0.775. The first-order chi connectivity index (χ1) is 12.6. The molecule has 0 unspecified atom stereocenters. The first-order valence-corrected chi connectivity index (χ1v) is 10.3. The van der Waals surface area contributed by atoms with E-state index in [1.807, 2.05) is 39.1 Å². The van der Waals surface area contributed by atoms with Gasteiger partial charge in [-0.1, -0.05) is 19.0 Å². The second-order valence-corrected chi connectivity index (χ2v) is 9.78. The van der Waals surface area contributed by atoms with Crippen molar-refractivity contribution in [2.45, 2.75) is 77.5 Å². The molecule has 6 nitrogen and oxygen atoms in total. The van der Waals surface area contributed by atoms with Crippen LogP contribution in [0.2, 0.25) is 0 Å². The fourth-order valence-corrected chi connectivity index (χ4v) is 4.59. The van der Waals surface area contributed by atoms with Crippen LogP contribution in [0.5, 0.6) is 0 Å². The number of nitrogens with one attached hydrogen (secondary N) is 1. The zero-order valence-electron chi connectivity index (χ0n) is 16.9. The van der Waals surface area contributed by atoms with Gasteiger partial charge < -0.3 is 9.26 Å². The number of carbonyl (C=O) groups excluding carboxylic acids is 1. The Morgan fingerprint density at radius 1 is 1.48 bits per heavy atom. The lowest BCUT2D eigenvalue weighted by molar-refractivity contribution is -0.163. The Labute approximate surface area is 164 Å². The maximum Gasteiger partial charge on any atom is 0.326 e. The number of esters is 1. The third-order valence-electron chi connectivity index (χ3n) is 4.68. The highest BCUT2D eigenvalue weighted by molar-refractivity contribution is 7.09. The number of thiazole rings is 1. The summed E-state index contributed by atoms with van der Waals surface area (Å²) in [6.45, 7) is 11.9. The second kappa shape index (κ2) is 7.36. The van der Waals surface area contributed by atoms with Gasteiger partial charge in [0.25, 0.3) is 0 Å². The van der Waals surface area contributed by atoms with Crippen LogP contribution in [0.15, 0.2) is 22.2 Å². The molecule has 1 fully saturated rings. The summed E-state index contributed by atoms with van der Waals surface area (Å²) < 4.78 is 11.4. The average molecular weight is 392 g/mol. The maximum absolute atomic E-state index is 13.3. The van der Waals surface area contributed by atoms with Crippen LogP contribution in [0.4, 0.5) is 0 Å². The smallest absolute Gasteiger partial charge is 0.326 e. The molecule has 1 aliphatic rings. The number of aromatic nitrogens is 2. The van der Waals surface area contributed by atoms with Gasteiger partial charge in [0.2, 0.25) is 0 Å². The Morgan fingerprint density at radius 3 is 2.74 bits per heavy atom. The standard InChI is InChI=1S/C20H29N3O3S/c1-12(2)10-20(18(24)25-19(4,5)6)11-14(15-9-13(3)23-26-15)16(22-20)17-21-7-8-27-17/h7-9,12,14,16,22H,10-11H2,1-6H3/t14-,16+,20-/m0/s1. The minimum Gasteiger partial charge on any atom is -0.459 e. The van der Waals surface area contributed by atoms with Gasteiger partial charge >= 0.3 is 5.97 Å². The molecule has 2 aromatic heterocycles. The number of aryl methyl sites for hydroxylation is 1. The van der Waals surface area contributed by atoms with Crippen LogP contribution >= 0.6 is 11.3 Å². The monoisotopic (exact) mass is 391 g/mol. The van der Waals surface area contributed by atoms with Crippen LogP contribution in [0.25, 0.3) is 0 Å². The van der Waals surface area contributed by atoms with Crippen molar-refractivity contribution in [1.82, 2.24) is 15.5 Å².